The van der Waals surface area contributed by atoms with Crippen molar-refractivity contribution in [3.8, 4) is 0 Å². The van der Waals surface area contributed by atoms with Crippen LogP contribution in [-0.2, 0) is 19.1 Å². The molecule has 30 heavy (non-hydrogen) atoms. The van der Waals surface area contributed by atoms with Gasteiger partial charge in [-0.1, -0.05) is 32.9 Å². The van der Waals surface area contributed by atoms with Crippen molar-refractivity contribution >= 4 is 32.4 Å². The van der Waals surface area contributed by atoms with Gasteiger partial charge in [0, 0.05) is 0 Å². The lowest BCUT2D eigenvalue weighted by molar-refractivity contribution is -0.137. The molecule has 0 aliphatic heterocycles. The van der Waals surface area contributed by atoms with E-state index in [1.165, 1.54) is 12.1 Å². The van der Waals surface area contributed by atoms with Crippen LogP contribution in [0.5, 0.6) is 0 Å². The third-order valence-electron chi connectivity index (χ3n) is 4.03. The SMILES string of the molecule is CPC(CC(C)(C)C)C(=O)NCCOC(=O)c1ccccc1C(=O)OCCC(=O)O. The van der Waals surface area contributed by atoms with E-state index in [4.69, 9.17) is 14.6 Å². The van der Waals surface area contributed by atoms with Crippen LogP contribution >= 0.6 is 8.58 Å². The van der Waals surface area contributed by atoms with E-state index in [0.717, 1.165) is 6.42 Å². The van der Waals surface area contributed by atoms with Crippen molar-refractivity contribution < 1.29 is 33.8 Å². The lowest BCUT2D eigenvalue weighted by Gasteiger charge is -2.24. The highest BCUT2D eigenvalue weighted by atomic mass is 31.1. The number of aliphatic carboxylic acids is 1. The molecule has 0 spiro atoms. The van der Waals surface area contributed by atoms with Gasteiger partial charge < -0.3 is 19.9 Å². The van der Waals surface area contributed by atoms with Gasteiger partial charge in [0.15, 0.2) is 0 Å². The summed E-state index contributed by atoms with van der Waals surface area (Å²) in [5.74, 6) is -2.68. The largest absolute Gasteiger partial charge is 0.481 e. The number of carbonyl (C=O) groups is 4. The molecule has 1 aromatic carbocycles. The number of amides is 1. The van der Waals surface area contributed by atoms with Crippen LogP contribution in [-0.4, -0.2) is 61.0 Å². The maximum atomic E-state index is 12.3. The topological polar surface area (TPSA) is 119 Å². The minimum atomic E-state index is -1.09. The van der Waals surface area contributed by atoms with Crippen molar-refractivity contribution in [3.05, 3.63) is 35.4 Å². The number of carbonyl (C=O) groups excluding carboxylic acids is 3. The summed E-state index contributed by atoms with van der Waals surface area (Å²) in [6, 6.07) is 5.96. The lowest BCUT2D eigenvalue weighted by Crippen LogP contribution is -2.36. The first-order valence-corrected chi connectivity index (χ1v) is 11.2. The zero-order chi connectivity index (χ0) is 22.7. The van der Waals surface area contributed by atoms with Crippen molar-refractivity contribution in [1.82, 2.24) is 5.32 Å². The van der Waals surface area contributed by atoms with Crippen LogP contribution in [0.25, 0.3) is 0 Å². The van der Waals surface area contributed by atoms with Crippen LogP contribution in [0.1, 0.15) is 54.3 Å². The molecule has 8 nitrogen and oxygen atoms in total. The quantitative estimate of drug-likeness (QED) is 0.309. The second-order valence-electron chi connectivity index (χ2n) is 7.86. The van der Waals surface area contributed by atoms with Crippen molar-refractivity contribution in [2.45, 2.75) is 39.3 Å². The fourth-order valence-electron chi connectivity index (χ4n) is 2.61. The average molecular weight is 439 g/mol. The van der Waals surface area contributed by atoms with Crippen molar-refractivity contribution in [2.75, 3.05) is 26.4 Å². The number of esters is 2. The van der Waals surface area contributed by atoms with E-state index in [0.29, 0.717) is 8.58 Å². The highest BCUT2D eigenvalue weighted by Crippen LogP contribution is 2.29. The standard InChI is InChI=1S/C21H30NO7P/c1-21(2,3)13-16(30-4)18(25)22-10-12-29-20(27)15-8-6-5-7-14(15)19(26)28-11-9-17(23)24/h5-8,16,30H,9-13H2,1-4H3,(H,22,25)(H,23,24). The molecule has 0 heterocycles. The minimum absolute atomic E-state index is 0.00523. The minimum Gasteiger partial charge on any atom is -0.481 e. The predicted octanol–water partition coefficient (Wildman–Crippen LogP) is 2.70. The van der Waals surface area contributed by atoms with Crippen LogP contribution in [0.4, 0.5) is 0 Å². The van der Waals surface area contributed by atoms with Crippen molar-refractivity contribution in [3.63, 3.8) is 0 Å². The summed E-state index contributed by atoms with van der Waals surface area (Å²) in [4.78, 5) is 47.3. The van der Waals surface area contributed by atoms with Gasteiger partial charge in [0.25, 0.3) is 0 Å². The summed E-state index contributed by atoms with van der Waals surface area (Å²) < 4.78 is 10.1. The Bertz CT molecular complexity index is 758. The molecule has 2 unspecified atom stereocenters. The molecule has 2 N–H and O–H groups in total. The summed E-state index contributed by atoms with van der Waals surface area (Å²) >= 11 is 0. The Kier molecular flexibility index (Phi) is 10.5. The monoisotopic (exact) mass is 439 g/mol. The maximum absolute atomic E-state index is 12.3. The first-order valence-electron chi connectivity index (χ1n) is 9.65. The van der Waals surface area contributed by atoms with Gasteiger partial charge in [0.05, 0.1) is 29.8 Å². The Balaban J connectivity index is 2.57. The van der Waals surface area contributed by atoms with Crippen LogP contribution in [0.2, 0.25) is 0 Å². The Morgan fingerprint density at radius 2 is 1.57 bits per heavy atom. The lowest BCUT2D eigenvalue weighted by atomic mass is 9.90. The molecule has 0 aromatic heterocycles. The van der Waals surface area contributed by atoms with Gasteiger partial charge in [0.2, 0.25) is 5.91 Å². The number of benzene rings is 1. The van der Waals surface area contributed by atoms with E-state index in [-0.39, 0.29) is 54.3 Å². The molecule has 166 valence electrons. The molecule has 0 aliphatic rings. The van der Waals surface area contributed by atoms with Gasteiger partial charge >= 0.3 is 17.9 Å². The molecule has 0 fully saturated rings. The molecule has 1 amide bonds. The van der Waals surface area contributed by atoms with E-state index >= 15 is 0 Å². The second-order valence-corrected chi connectivity index (χ2v) is 9.13. The Labute approximate surface area is 178 Å². The number of hydrogen-bond acceptors (Lipinski definition) is 6. The molecule has 0 aliphatic carbocycles. The van der Waals surface area contributed by atoms with Gasteiger partial charge in [-0.2, -0.15) is 0 Å². The summed E-state index contributed by atoms with van der Waals surface area (Å²) in [6.07, 6.45) is 0.442. The number of ether oxygens (including phenoxy) is 2. The van der Waals surface area contributed by atoms with Crippen LogP contribution < -0.4 is 5.32 Å². The van der Waals surface area contributed by atoms with E-state index in [9.17, 15) is 19.2 Å². The van der Waals surface area contributed by atoms with Crippen LogP contribution in [0.15, 0.2) is 24.3 Å². The second kappa shape index (κ2) is 12.3. The molecule has 2 atom stereocenters. The Morgan fingerprint density at radius 1 is 1.03 bits per heavy atom. The number of nitrogens with one attached hydrogen (secondary N) is 1. The summed E-state index contributed by atoms with van der Waals surface area (Å²) in [5, 5.41) is 11.4. The zero-order valence-corrected chi connectivity index (χ0v) is 18.8. The van der Waals surface area contributed by atoms with E-state index in [1.54, 1.807) is 12.1 Å². The van der Waals surface area contributed by atoms with Gasteiger partial charge in [-0.05, 0) is 30.6 Å². The number of hydrogen-bond donors (Lipinski definition) is 2. The van der Waals surface area contributed by atoms with Crippen LogP contribution in [0, 0.1) is 5.41 Å². The number of rotatable bonds is 11. The third kappa shape index (κ3) is 9.35. The first-order chi connectivity index (χ1) is 14.0. The van der Waals surface area contributed by atoms with Crippen LogP contribution in [0.3, 0.4) is 0 Å². The van der Waals surface area contributed by atoms with Crippen molar-refractivity contribution in [1.29, 1.82) is 0 Å². The highest BCUT2D eigenvalue weighted by Gasteiger charge is 2.23. The zero-order valence-electron chi connectivity index (χ0n) is 17.8. The molecule has 0 bridgehead atoms. The molecule has 0 saturated carbocycles. The molecule has 1 aromatic rings. The number of carboxylic acid groups (broad SMARTS) is 1. The fourth-order valence-corrected chi connectivity index (χ4v) is 3.79. The Morgan fingerprint density at radius 3 is 2.03 bits per heavy atom. The van der Waals surface area contributed by atoms with E-state index < -0.39 is 17.9 Å². The highest BCUT2D eigenvalue weighted by molar-refractivity contribution is 7.39. The molecular weight excluding hydrogens is 409 g/mol. The molecule has 1 rings (SSSR count). The molecule has 0 saturated heterocycles. The van der Waals surface area contributed by atoms with Gasteiger partial charge in [-0.15, -0.1) is 8.58 Å². The summed E-state index contributed by atoms with van der Waals surface area (Å²) in [6.45, 7) is 8.07. The Hall–Kier alpha value is -2.47. The van der Waals surface area contributed by atoms with Gasteiger partial charge in [-0.25, -0.2) is 9.59 Å². The smallest absolute Gasteiger partial charge is 0.339 e. The molecule has 9 heteroatoms. The van der Waals surface area contributed by atoms with Gasteiger partial charge in [-0.3, -0.25) is 9.59 Å². The van der Waals surface area contributed by atoms with Crippen molar-refractivity contribution in [2.24, 2.45) is 5.41 Å². The number of carboxylic acids is 1. The maximum Gasteiger partial charge on any atom is 0.339 e. The molecular formula is C21H30NO7P. The first kappa shape index (κ1) is 25.6. The van der Waals surface area contributed by atoms with E-state index in [1.807, 2.05) is 6.66 Å². The van der Waals surface area contributed by atoms with Gasteiger partial charge in [0.1, 0.15) is 13.2 Å². The summed E-state index contributed by atoms with van der Waals surface area (Å²) in [7, 11) is 0.473. The summed E-state index contributed by atoms with van der Waals surface area (Å²) in [5.41, 5.74) is -0.0264. The normalized spacial score (nSPS) is 12.4. The van der Waals surface area contributed by atoms with E-state index in [2.05, 4.69) is 26.1 Å². The third-order valence-corrected chi connectivity index (χ3v) is 5.20. The fraction of sp³-hybridized carbons (Fsp3) is 0.524. The molecule has 0 radical (unpaired) electrons. The average Bonchev–Trinajstić information content (AvgIpc) is 2.67. The predicted molar refractivity (Wildman–Crippen MR) is 114 cm³/mol.